The molecule has 0 bridgehead atoms. The van der Waals surface area contributed by atoms with Crippen molar-refractivity contribution < 1.29 is 4.74 Å². The molecule has 0 aliphatic carbocycles. The van der Waals surface area contributed by atoms with E-state index in [-0.39, 0.29) is 22.9 Å². The van der Waals surface area contributed by atoms with E-state index in [4.69, 9.17) is 4.74 Å². The molecule has 6 rings (SSSR count). The highest BCUT2D eigenvalue weighted by Crippen LogP contribution is 2.50. The fraction of sp³-hybridized carbons (Fsp3) is 0.909. The molecule has 4 unspecified atom stereocenters. The number of rotatable bonds is 5. The third-order valence-corrected chi connectivity index (χ3v) is 10.3. The molecule has 5 fully saturated rings. The summed E-state index contributed by atoms with van der Waals surface area (Å²) in [5.41, 5.74) is -0.285. The summed E-state index contributed by atoms with van der Waals surface area (Å²) < 4.78 is 6.64. The minimum atomic E-state index is -0.304. The van der Waals surface area contributed by atoms with Crippen LogP contribution in [0.15, 0.2) is 12.3 Å². The second-order valence-electron chi connectivity index (χ2n) is 9.58. The number of hydrogen-bond acceptors (Lipinski definition) is 10. The molecule has 10 heteroatoms. The van der Waals surface area contributed by atoms with Gasteiger partial charge in [-0.05, 0) is 25.5 Å². The SMILES string of the molecule is C1=CN(C2(N3CCC3)NCCN(N3CCSCC3)C2(C2NCCO2)C2NCCS2)CCC1. The van der Waals surface area contributed by atoms with Gasteiger partial charge in [0.2, 0.25) is 0 Å². The molecule has 8 nitrogen and oxygen atoms in total. The number of likely N-dealkylation sites (tertiary alicyclic amines) is 1. The Morgan fingerprint density at radius 2 is 1.81 bits per heavy atom. The average Bonchev–Trinajstić information content (AvgIpc) is 3.54. The van der Waals surface area contributed by atoms with Crippen molar-refractivity contribution in [3.8, 4) is 0 Å². The van der Waals surface area contributed by atoms with Gasteiger partial charge in [-0.15, -0.1) is 11.8 Å². The number of piperazine rings is 1. The van der Waals surface area contributed by atoms with E-state index < -0.39 is 0 Å². The van der Waals surface area contributed by atoms with Crippen LogP contribution in [0.2, 0.25) is 0 Å². The van der Waals surface area contributed by atoms with Gasteiger partial charge in [-0.2, -0.15) is 11.8 Å². The van der Waals surface area contributed by atoms with Crippen molar-refractivity contribution in [3.05, 3.63) is 12.3 Å². The zero-order valence-electron chi connectivity index (χ0n) is 19.1. The summed E-state index contributed by atoms with van der Waals surface area (Å²) in [5.74, 6) is 3.28. The van der Waals surface area contributed by atoms with Crippen molar-refractivity contribution in [1.82, 2.24) is 35.8 Å². The van der Waals surface area contributed by atoms with Crippen molar-refractivity contribution in [2.24, 2.45) is 0 Å². The number of hydrazine groups is 1. The summed E-state index contributed by atoms with van der Waals surface area (Å²) >= 11 is 4.19. The van der Waals surface area contributed by atoms with Crippen LogP contribution in [0.1, 0.15) is 19.3 Å². The van der Waals surface area contributed by atoms with Crippen LogP contribution in [-0.4, -0.2) is 126 Å². The number of nitrogens with zero attached hydrogens (tertiary/aromatic N) is 4. The lowest BCUT2D eigenvalue weighted by molar-refractivity contribution is -0.289. The first-order valence-electron chi connectivity index (χ1n) is 12.6. The molecule has 4 atom stereocenters. The zero-order chi connectivity index (χ0) is 21.4. The third-order valence-electron chi connectivity index (χ3n) is 8.03. The monoisotopic (exact) mass is 481 g/mol. The van der Waals surface area contributed by atoms with Gasteiger partial charge < -0.3 is 15.0 Å². The van der Waals surface area contributed by atoms with Gasteiger partial charge in [-0.25, -0.2) is 10.0 Å². The minimum absolute atomic E-state index is 0.0242. The number of ether oxygens (including phenoxy) is 1. The summed E-state index contributed by atoms with van der Waals surface area (Å²) in [5, 5.41) is 17.7. The number of hydrogen-bond donors (Lipinski definition) is 3. The van der Waals surface area contributed by atoms with Gasteiger partial charge in [0, 0.05) is 76.2 Å². The van der Waals surface area contributed by atoms with E-state index in [1.54, 1.807) is 0 Å². The fourth-order valence-electron chi connectivity index (χ4n) is 6.65. The van der Waals surface area contributed by atoms with Crippen LogP contribution in [0, 0.1) is 0 Å². The van der Waals surface area contributed by atoms with Crippen LogP contribution < -0.4 is 16.0 Å². The molecular weight excluding hydrogens is 442 g/mol. The van der Waals surface area contributed by atoms with Crippen LogP contribution in [0.4, 0.5) is 0 Å². The first-order chi connectivity index (χ1) is 15.9. The molecule has 0 aromatic carbocycles. The Morgan fingerprint density at radius 1 is 0.906 bits per heavy atom. The Balaban J connectivity index is 1.54. The van der Waals surface area contributed by atoms with Crippen LogP contribution in [0.3, 0.4) is 0 Å². The molecule has 0 spiro atoms. The largest absolute Gasteiger partial charge is 0.360 e. The van der Waals surface area contributed by atoms with E-state index in [0.717, 1.165) is 71.3 Å². The van der Waals surface area contributed by atoms with Gasteiger partial charge in [-0.1, -0.05) is 6.08 Å². The lowest BCUT2D eigenvalue weighted by Crippen LogP contribution is -2.94. The highest BCUT2D eigenvalue weighted by molar-refractivity contribution is 8.00. The highest BCUT2D eigenvalue weighted by atomic mass is 32.2. The van der Waals surface area contributed by atoms with Gasteiger partial charge in [0.25, 0.3) is 0 Å². The van der Waals surface area contributed by atoms with E-state index in [1.807, 2.05) is 0 Å². The highest BCUT2D eigenvalue weighted by Gasteiger charge is 2.72. The van der Waals surface area contributed by atoms with Gasteiger partial charge >= 0.3 is 0 Å². The zero-order valence-corrected chi connectivity index (χ0v) is 20.8. The maximum Gasteiger partial charge on any atom is 0.175 e. The lowest BCUT2D eigenvalue weighted by atomic mass is 9.79. The van der Waals surface area contributed by atoms with Crippen molar-refractivity contribution in [1.29, 1.82) is 0 Å². The van der Waals surface area contributed by atoms with Crippen LogP contribution >= 0.6 is 23.5 Å². The molecule has 180 valence electrons. The van der Waals surface area contributed by atoms with E-state index >= 15 is 0 Å². The Hall–Kier alpha value is -0.0400. The molecule has 6 heterocycles. The normalized spacial score (nSPS) is 42.4. The fourth-order valence-corrected chi connectivity index (χ4v) is 8.90. The molecule has 0 aromatic rings. The quantitative estimate of drug-likeness (QED) is 0.507. The number of thioether (sulfide) groups is 2. The predicted molar refractivity (Wildman–Crippen MR) is 132 cm³/mol. The standard InChI is InChI=1S/C22H39N7OS2/c1-2-8-26(9-3-1)22(27-10-4-11-27)21(19-23-6-15-30-19,20-24-7-16-32-20)29(12-5-25-22)28-13-17-31-18-14-28/h2,8,19-20,23-25H,1,3-7,9-18H2. The number of nitrogens with one attached hydrogen (secondary N) is 3. The first-order valence-corrected chi connectivity index (χ1v) is 14.8. The van der Waals surface area contributed by atoms with Crippen LogP contribution in [-0.2, 0) is 4.74 Å². The Labute approximate surface area is 201 Å². The maximum atomic E-state index is 6.64. The van der Waals surface area contributed by atoms with E-state index in [9.17, 15) is 0 Å². The summed E-state index contributed by atoms with van der Waals surface area (Å²) in [6.07, 6.45) is 8.43. The van der Waals surface area contributed by atoms with Gasteiger partial charge in [-0.3, -0.25) is 15.5 Å². The molecular formula is C22H39N7OS2. The summed E-state index contributed by atoms with van der Waals surface area (Å²) in [6, 6.07) is 0. The maximum absolute atomic E-state index is 6.64. The van der Waals surface area contributed by atoms with Crippen LogP contribution in [0.5, 0.6) is 0 Å². The lowest BCUT2D eigenvalue weighted by Gasteiger charge is -2.71. The third kappa shape index (κ3) is 3.40. The van der Waals surface area contributed by atoms with Crippen molar-refractivity contribution in [3.63, 3.8) is 0 Å². The summed E-state index contributed by atoms with van der Waals surface area (Å²) in [7, 11) is 0. The Bertz CT molecular complexity index is 661. The van der Waals surface area contributed by atoms with Gasteiger partial charge in [0.15, 0.2) is 11.3 Å². The second kappa shape index (κ2) is 9.54. The molecule has 6 aliphatic rings. The minimum Gasteiger partial charge on any atom is -0.360 e. The molecule has 3 N–H and O–H groups in total. The van der Waals surface area contributed by atoms with Crippen LogP contribution in [0.25, 0.3) is 0 Å². The van der Waals surface area contributed by atoms with Gasteiger partial charge in [0.05, 0.1) is 12.0 Å². The first kappa shape index (κ1) is 22.4. The second-order valence-corrected chi connectivity index (χ2v) is 12.0. The average molecular weight is 482 g/mol. The summed E-state index contributed by atoms with van der Waals surface area (Å²) in [4.78, 5) is 5.39. The van der Waals surface area contributed by atoms with Gasteiger partial charge in [0.1, 0.15) is 6.23 Å². The predicted octanol–water partition coefficient (Wildman–Crippen LogP) is 0.172. The number of allylic oxidation sites excluding steroid dienone is 1. The topological polar surface area (TPSA) is 58.3 Å². The Kier molecular flexibility index (Phi) is 6.69. The van der Waals surface area contributed by atoms with E-state index in [0.29, 0.717) is 0 Å². The molecule has 0 radical (unpaired) electrons. The molecule has 0 aromatic heterocycles. The summed E-state index contributed by atoms with van der Waals surface area (Å²) in [6.45, 7) is 10.5. The van der Waals surface area contributed by atoms with E-state index in [2.05, 4.69) is 71.6 Å². The molecule has 5 saturated heterocycles. The smallest absolute Gasteiger partial charge is 0.175 e. The molecule has 6 aliphatic heterocycles. The Morgan fingerprint density at radius 3 is 2.47 bits per heavy atom. The molecule has 32 heavy (non-hydrogen) atoms. The molecule has 0 amide bonds. The van der Waals surface area contributed by atoms with Crippen molar-refractivity contribution in [2.45, 2.75) is 42.2 Å². The molecule has 0 saturated carbocycles. The van der Waals surface area contributed by atoms with Crippen molar-refractivity contribution in [2.75, 3.05) is 82.8 Å². The van der Waals surface area contributed by atoms with Crippen molar-refractivity contribution >= 4 is 23.5 Å². The van der Waals surface area contributed by atoms with E-state index in [1.165, 1.54) is 30.8 Å².